The molecule has 0 spiro atoms. The minimum atomic E-state index is -0.307. The molecule has 0 aromatic carbocycles. The monoisotopic (exact) mass is 390 g/mol. The van der Waals surface area contributed by atoms with Gasteiger partial charge in [0.05, 0.1) is 17.5 Å². The number of nitrogens with zero attached hydrogens (tertiary/aromatic N) is 4. The van der Waals surface area contributed by atoms with Crippen LogP contribution in [-0.2, 0) is 9.59 Å². The number of nitrogens with one attached hydrogen (secondary N) is 1. The van der Waals surface area contributed by atoms with E-state index in [-0.39, 0.29) is 23.7 Å². The van der Waals surface area contributed by atoms with Crippen molar-refractivity contribution in [3.63, 3.8) is 0 Å². The van der Waals surface area contributed by atoms with Crippen LogP contribution >= 0.6 is 0 Å². The summed E-state index contributed by atoms with van der Waals surface area (Å²) in [6, 6.07) is 5.59. The van der Waals surface area contributed by atoms with Gasteiger partial charge < -0.3 is 16.0 Å². The maximum atomic E-state index is 12.5. The van der Waals surface area contributed by atoms with Crippen molar-refractivity contribution in [3.8, 4) is 11.3 Å². The van der Waals surface area contributed by atoms with Gasteiger partial charge in [0, 0.05) is 43.6 Å². The fraction of sp³-hybridized carbons (Fsp3) is 0.286. The standard InChI is InChI=1S/C21H22N6O2/c1-11-4-5-23-9-15(11)17-6-12-7-18(24-10-16(12)19(22)25-17)26-20(28)13-8-14(13)21(29)27(2)3/h4-7,9-10,13-14H,8H2,1-3H3,(H2,22,25)(H,24,26,28)/t13-,14+/m0/s1. The minimum absolute atomic E-state index is 0.0213. The van der Waals surface area contributed by atoms with E-state index in [1.807, 2.05) is 19.1 Å². The van der Waals surface area contributed by atoms with Gasteiger partial charge in [-0.05, 0) is 42.5 Å². The molecule has 8 nitrogen and oxygen atoms in total. The number of anilines is 2. The first-order valence-corrected chi connectivity index (χ1v) is 9.34. The first kappa shape index (κ1) is 18.8. The molecule has 0 radical (unpaired) electrons. The second kappa shape index (κ2) is 7.12. The third-order valence-corrected chi connectivity index (χ3v) is 5.20. The van der Waals surface area contributed by atoms with Crippen LogP contribution in [0, 0.1) is 18.8 Å². The molecule has 1 aliphatic rings. The Morgan fingerprint density at radius 3 is 2.72 bits per heavy atom. The third-order valence-electron chi connectivity index (χ3n) is 5.20. The van der Waals surface area contributed by atoms with Gasteiger partial charge >= 0.3 is 0 Å². The van der Waals surface area contributed by atoms with E-state index in [0.29, 0.717) is 29.1 Å². The van der Waals surface area contributed by atoms with E-state index in [1.165, 1.54) is 4.90 Å². The summed E-state index contributed by atoms with van der Waals surface area (Å²) in [5.41, 5.74) is 8.78. The number of fused-ring (bicyclic) bond motifs is 1. The molecule has 0 aliphatic heterocycles. The van der Waals surface area contributed by atoms with Crippen LogP contribution in [0.5, 0.6) is 0 Å². The normalized spacial score (nSPS) is 17.8. The number of pyridine rings is 3. The molecule has 0 saturated heterocycles. The number of hydrogen-bond acceptors (Lipinski definition) is 6. The Morgan fingerprint density at radius 1 is 1.21 bits per heavy atom. The van der Waals surface area contributed by atoms with Crippen molar-refractivity contribution in [2.75, 3.05) is 25.1 Å². The summed E-state index contributed by atoms with van der Waals surface area (Å²) in [6.07, 6.45) is 5.65. The van der Waals surface area contributed by atoms with Gasteiger partial charge in [-0.3, -0.25) is 14.6 Å². The average Bonchev–Trinajstić information content (AvgIpc) is 3.48. The van der Waals surface area contributed by atoms with E-state index in [0.717, 1.165) is 16.5 Å². The van der Waals surface area contributed by atoms with Gasteiger partial charge in [0.1, 0.15) is 11.6 Å². The molecular formula is C21H22N6O2. The summed E-state index contributed by atoms with van der Waals surface area (Å²) < 4.78 is 0. The van der Waals surface area contributed by atoms with Crippen molar-refractivity contribution in [3.05, 3.63) is 42.4 Å². The highest BCUT2D eigenvalue weighted by Crippen LogP contribution is 2.40. The average molecular weight is 390 g/mol. The van der Waals surface area contributed by atoms with Gasteiger partial charge in [-0.1, -0.05) is 0 Å². The van der Waals surface area contributed by atoms with Crippen molar-refractivity contribution in [1.29, 1.82) is 0 Å². The van der Waals surface area contributed by atoms with Crippen molar-refractivity contribution in [1.82, 2.24) is 19.9 Å². The molecule has 0 unspecified atom stereocenters. The molecule has 1 saturated carbocycles. The Hall–Kier alpha value is -3.55. The molecule has 3 heterocycles. The number of nitrogen functional groups attached to an aromatic ring is 1. The Labute approximate surface area is 168 Å². The number of amides is 2. The third kappa shape index (κ3) is 3.61. The number of rotatable bonds is 4. The van der Waals surface area contributed by atoms with Crippen LogP contribution in [0.2, 0.25) is 0 Å². The molecule has 2 amide bonds. The highest BCUT2D eigenvalue weighted by molar-refractivity contribution is 6.01. The van der Waals surface area contributed by atoms with Crippen molar-refractivity contribution in [2.45, 2.75) is 13.3 Å². The highest BCUT2D eigenvalue weighted by Gasteiger charge is 2.48. The second-order valence-corrected chi connectivity index (χ2v) is 7.54. The van der Waals surface area contributed by atoms with E-state index >= 15 is 0 Å². The van der Waals surface area contributed by atoms with Crippen molar-refractivity contribution >= 4 is 34.2 Å². The number of nitrogens with two attached hydrogens (primary N) is 1. The molecule has 3 N–H and O–H groups in total. The molecule has 29 heavy (non-hydrogen) atoms. The fourth-order valence-corrected chi connectivity index (χ4v) is 3.42. The van der Waals surface area contributed by atoms with Gasteiger partial charge in [-0.15, -0.1) is 0 Å². The number of hydrogen-bond donors (Lipinski definition) is 2. The largest absolute Gasteiger partial charge is 0.383 e. The fourth-order valence-electron chi connectivity index (χ4n) is 3.42. The number of carbonyl (C=O) groups excluding carboxylic acids is 2. The summed E-state index contributed by atoms with van der Waals surface area (Å²) in [6.45, 7) is 1.98. The summed E-state index contributed by atoms with van der Waals surface area (Å²) in [7, 11) is 3.39. The van der Waals surface area contributed by atoms with E-state index in [4.69, 9.17) is 5.73 Å². The zero-order valence-electron chi connectivity index (χ0n) is 16.5. The molecule has 2 atom stereocenters. The molecular weight excluding hydrogens is 368 g/mol. The predicted octanol–water partition coefficient (Wildman–Crippen LogP) is 2.25. The van der Waals surface area contributed by atoms with Crippen molar-refractivity contribution in [2.24, 2.45) is 11.8 Å². The van der Waals surface area contributed by atoms with Gasteiger partial charge in [0.25, 0.3) is 0 Å². The lowest BCUT2D eigenvalue weighted by Gasteiger charge is -2.11. The number of carbonyl (C=O) groups is 2. The Kier molecular flexibility index (Phi) is 4.62. The first-order chi connectivity index (χ1) is 13.8. The minimum Gasteiger partial charge on any atom is -0.383 e. The maximum absolute atomic E-state index is 12.5. The maximum Gasteiger partial charge on any atom is 0.229 e. The smallest absolute Gasteiger partial charge is 0.229 e. The summed E-state index contributed by atoms with van der Waals surface area (Å²) in [4.78, 5) is 38.9. The van der Waals surface area contributed by atoms with Crippen LogP contribution in [0.3, 0.4) is 0 Å². The van der Waals surface area contributed by atoms with E-state index in [1.54, 1.807) is 38.8 Å². The molecule has 148 valence electrons. The predicted molar refractivity (Wildman–Crippen MR) is 111 cm³/mol. The van der Waals surface area contributed by atoms with Gasteiger partial charge in [0.2, 0.25) is 11.8 Å². The van der Waals surface area contributed by atoms with E-state index in [2.05, 4.69) is 20.3 Å². The molecule has 8 heteroatoms. The van der Waals surface area contributed by atoms with E-state index < -0.39 is 0 Å². The van der Waals surface area contributed by atoms with Crippen molar-refractivity contribution < 1.29 is 9.59 Å². The number of aromatic nitrogens is 3. The lowest BCUT2D eigenvalue weighted by atomic mass is 10.1. The quantitative estimate of drug-likeness (QED) is 0.706. The molecule has 1 fully saturated rings. The lowest BCUT2D eigenvalue weighted by Crippen LogP contribution is -2.26. The van der Waals surface area contributed by atoms with Crippen LogP contribution in [-0.4, -0.2) is 45.8 Å². The van der Waals surface area contributed by atoms with Gasteiger partial charge in [0.15, 0.2) is 0 Å². The summed E-state index contributed by atoms with van der Waals surface area (Å²) >= 11 is 0. The van der Waals surface area contributed by atoms with Gasteiger partial charge in [-0.2, -0.15) is 0 Å². The Morgan fingerprint density at radius 2 is 2.00 bits per heavy atom. The second-order valence-electron chi connectivity index (χ2n) is 7.54. The lowest BCUT2D eigenvalue weighted by molar-refractivity contribution is -0.131. The SMILES string of the molecule is Cc1ccncc1-c1cc2cc(NC(=O)[C@H]3C[C@H]3C(=O)N(C)C)ncc2c(N)n1. The van der Waals surface area contributed by atoms with Crippen LogP contribution in [0.4, 0.5) is 11.6 Å². The topological polar surface area (TPSA) is 114 Å². The van der Waals surface area contributed by atoms with Crippen LogP contribution < -0.4 is 11.1 Å². The summed E-state index contributed by atoms with van der Waals surface area (Å²) in [5, 5.41) is 4.34. The molecule has 4 rings (SSSR count). The van der Waals surface area contributed by atoms with Crippen LogP contribution in [0.1, 0.15) is 12.0 Å². The number of aryl methyl sites for hydroxylation is 1. The van der Waals surface area contributed by atoms with Crippen LogP contribution in [0.15, 0.2) is 36.8 Å². The Bertz CT molecular complexity index is 1130. The molecule has 3 aromatic rings. The molecule has 0 bridgehead atoms. The van der Waals surface area contributed by atoms with Crippen LogP contribution in [0.25, 0.3) is 22.0 Å². The molecule has 3 aromatic heterocycles. The Balaban J connectivity index is 1.60. The zero-order valence-corrected chi connectivity index (χ0v) is 16.5. The zero-order chi connectivity index (χ0) is 20.7. The summed E-state index contributed by atoms with van der Waals surface area (Å²) in [5.74, 6) is 0.0215. The molecule has 1 aliphatic carbocycles. The van der Waals surface area contributed by atoms with Gasteiger partial charge in [-0.25, -0.2) is 9.97 Å². The first-order valence-electron chi connectivity index (χ1n) is 9.34. The van der Waals surface area contributed by atoms with E-state index in [9.17, 15) is 9.59 Å². The highest BCUT2D eigenvalue weighted by atomic mass is 16.2.